The summed E-state index contributed by atoms with van der Waals surface area (Å²) in [5, 5.41) is 3.60. The Balaban J connectivity index is 2.16. The highest BCUT2D eigenvalue weighted by atomic mass is 79.9. The zero-order valence-corrected chi connectivity index (χ0v) is 12.6. The molecule has 1 aliphatic carbocycles. The van der Waals surface area contributed by atoms with Gasteiger partial charge in [-0.05, 0) is 44.0 Å². The van der Waals surface area contributed by atoms with Crippen LogP contribution in [0.3, 0.4) is 0 Å². The van der Waals surface area contributed by atoms with Crippen molar-refractivity contribution in [2.45, 2.75) is 36.0 Å². The molecule has 1 saturated carbocycles. The van der Waals surface area contributed by atoms with Crippen molar-refractivity contribution in [3.63, 3.8) is 0 Å². The minimum Gasteiger partial charge on any atom is -0.317 e. The Hall–Kier alpha value is -0.190. The third-order valence-corrected chi connectivity index (χ3v) is 6.08. The van der Waals surface area contributed by atoms with Crippen molar-refractivity contribution in [2.24, 2.45) is 5.92 Å². The molecule has 0 aliphatic heterocycles. The van der Waals surface area contributed by atoms with E-state index < -0.39 is 10.8 Å². The van der Waals surface area contributed by atoms with Crippen LogP contribution in [0.15, 0.2) is 33.6 Å². The van der Waals surface area contributed by atoms with Gasteiger partial charge in [-0.15, -0.1) is 0 Å². The van der Waals surface area contributed by atoms with Gasteiger partial charge in [0.2, 0.25) is 0 Å². The lowest BCUT2D eigenvalue weighted by molar-refractivity contribution is 0.460. The fraction of sp³-hybridized carbons (Fsp3) is 0.538. The lowest BCUT2D eigenvalue weighted by Gasteiger charge is -2.19. The van der Waals surface area contributed by atoms with Crippen molar-refractivity contribution < 1.29 is 4.21 Å². The molecule has 4 unspecified atom stereocenters. The van der Waals surface area contributed by atoms with Crippen LogP contribution in [0.1, 0.15) is 19.8 Å². The summed E-state index contributed by atoms with van der Waals surface area (Å²) in [5.41, 5.74) is 0. The van der Waals surface area contributed by atoms with E-state index >= 15 is 0 Å². The van der Waals surface area contributed by atoms with E-state index in [9.17, 15) is 4.21 Å². The van der Waals surface area contributed by atoms with E-state index in [1.54, 1.807) is 0 Å². The van der Waals surface area contributed by atoms with E-state index in [0.717, 1.165) is 22.2 Å². The van der Waals surface area contributed by atoms with Gasteiger partial charge in [0, 0.05) is 20.7 Å². The van der Waals surface area contributed by atoms with Gasteiger partial charge in [-0.3, -0.25) is 4.21 Å². The Bertz CT molecular complexity index is 424. The first kappa shape index (κ1) is 13.2. The third-order valence-electron chi connectivity index (χ3n) is 3.66. The molecule has 0 amide bonds. The van der Waals surface area contributed by atoms with Crippen LogP contribution in [0.25, 0.3) is 0 Å². The van der Waals surface area contributed by atoms with Crippen LogP contribution >= 0.6 is 15.9 Å². The van der Waals surface area contributed by atoms with Crippen molar-refractivity contribution in [1.82, 2.24) is 5.32 Å². The number of rotatable bonds is 3. The van der Waals surface area contributed by atoms with Crippen LogP contribution in [0.2, 0.25) is 0 Å². The van der Waals surface area contributed by atoms with Crippen LogP contribution in [0.4, 0.5) is 0 Å². The fourth-order valence-corrected chi connectivity index (χ4v) is 4.89. The van der Waals surface area contributed by atoms with Gasteiger partial charge in [-0.1, -0.05) is 28.9 Å². The van der Waals surface area contributed by atoms with Gasteiger partial charge in [0.1, 0.15) is 0 Å². The summed E-state index contributed by atoms with van der Waals surface area (Å²) in [7, 11) is 1.10. The van der Waals surface area contributed by atoms with Gasteiger partial charge in [0.15, 0.2) is 0 Å². The molecule has 17 heavy (non-hydrogen) atoms. The van der Waals surface area contributed by atoms with Gasteiger partial charge in [0.05, 0.1) is 10.8 Å². The van der Waals surface area contributed by atoms with Crippen LogP contribution in [0, 0.1) is 5.92 Å². The molecule has 1 aromatic rings. The van der Waals surface area contributed by atoms with Crippen molar-refractivity contribution in [3.8, 4) is 0 Å². The molecule has 94 valence electrons. The molecule has 1 N–H and O–H groups in total. The Kier molecular flexibility index (Phi) is 4.39. The minimum absolute atomic E-state index is 0.279. The first-order valence-electron chi connectivity index (χ1n) is 5.97. The molecule has 1 aromatic carbocycles. The van der Waals surface area contributed by atoms with Crippen molar-refractivity contribution >= 4 is 26.7 Å². The topological polar surface area (TPSA) is 29.1 Å². The zero-order valence-electron chi connectivity index (χ0n) is 10.2. The van der Waals surface area contributed by atoms with Gasteiger partial charge in [-0.2, -0.15) is 0 Å². The highest BCUT2D eigenvalue weighted by molar-refractivity contribution is 9.10. The normalized spacial score (nSPS) is 30.4. The lowest BCUT2D eigenvalue weighted by atomic mass is 10.1. The van der Waals surface area contributed by atoms with Gasteiger partial charge in [-0.25, -0.2) is 0 Å². The maximum Gasteiger partial charge on any atom is 0.0564 e. The minimum atomic E-state index is -0.891. The molecule has 0 bridgehead atoms. The van der Waals surface area contributed by atoms with Gasteiger partial charge in [0.25, 0.3) is 0 Å². The maximum absolute atomic E-state index is 12.5. The second-order valence-corrected chi connectivity index (χ2v) is 7.21. The predicted molar refractivity (Wildman–Crippen MR) is 75.6 cm³/mol. The largest absolute Gasteiger partial charge is 0.317 e. The first-order valence-corrected chi connectivity index (χ1v) is 7.97. The summed E-state index contributed by atoms with van der Waals surface area (Å²) in [4.78, 5) is 0.938. The van der Waals surface area contributed by atoms with E-state index in [-0.39, 0.29) is 5.25 Å². The van der Waals surface area contributed by atoms with Gasteiger partial charge < -0.3 is 5.32 Å². The van der Waals surface area contributed by atoms with Crippen LogP contribution in [-0.2, 0) is 10.8 Å². The van der Waals surface area contributed by atoms with E-state index in [1.807, 2.05) is 31.3 Å². The summed E-state index contributed by atoms with van der Waals surface area (Å²) in [5.74, 6) is 0.472. The molecule has 2 rings (SSSR count). The summed E-state index contributed by atoms with van der Waals surface area (Å²) in [6.45, 7) is 2.20. The molecule has 0 spiro atoms. The predicted octanol–water partition coefficient (Wildman–Crippen LogP) is 2.94. The molecule has 4 atom stereocenters. The van der Waals surface area contributed by atoms with Crippen molar-refractivity contribution in [2.75, 3.05) is 7.05 Å². The lowest BCUT2D eigenvalue weighted by Crippen LogP contribution is -2.32. The summed E-state index contributed by atoms with van der Waals surface area (Å²) in [6, 6.07) is 8.36. The molecule has 4 heteroatoms. The Morgan fingerprint density at radius 2 is 2.18 bits per heavy atom. The molecular formula is C13H18BrNOS. The standard InChI is InChI=1S/C13H18BrNOS/c1-9-12(15-2)6-7-13(9)17(16)11-5-3-4-10(14)8-11/h3-5,8-9,12-13,15H,6-7H2,1-2H3. The Morgan fingerprint density at radius 1 is 1.41 bits per heavy atom. The van der Waals surface area contributed by atoms with Crippen molar-refractivity contribution in [3.05, 3.63) is 28.7 Å². The number of hydrogen-bond acceptors (Lipinski definition) is 2. The average molecular weight is 316 g/mol. The Morgan fingerprint density at radius 3 is 2.76 bits per heavy atom. The maximum atomic E-state index is 12.5. The molecule has 0 aromatic heterocycles. The van der Waals surface area contributed by atoms with Crippen LogP contribution < -0.4 is 5.32 Å². The van der Waals surface area contributed by atoms with Crippen molar-refractivity contribution in [1.29, 1.82) is 0 Å². The molecule has 2 nitrogen and oxygen atoms in total. The van der Waals surface area contributed by atoms with Crippen LogP contribution in [-0.4, -0.2) is 22.5 Å². The van der Waals surface area contributed by atoms with Crippen LogP contribution in [0.5, 0.6) is 0 Å². The average Bonchev–Trinajstić information content (AvgIpc) is 2.69. The summed E-state index contributed by atoms with van der Waals surface area (Å²) < 4.78 is 13.5. The quantitative estimate of drug-likeness (QED) is 0.929. The SMILES string of the molecule is CNC1CCC(S(=O)c2cccc(Br)c2)C1C. The number of nitrogens with one attached hydrogen (secondary N) is 1. The monoisotopic (exact) mass is 315 g/mol. The third kappa shape index (κ3) is 2.80. The van der Waals surface area contributed by atoms with E-state index in [2.05, 4.69) is 28.2 Å². The van der Waals surface area contributed by atoms with E-state index in [4.69, 9.17) is 0 Å². The highest BCUT2D eigenvalue weighted by Crippen LogP contribution is 2.32. The summed E-state index contributed by atoms with van der Waals surface area (Å²) >= 11 is 3.43. The molecule has 1 fully saturated rings. The second-order valence-electron chi connectivity index (χ2n) is 4.62. The smallest absolute Gasteiger partial charge is 0.0564 e. The molecule has 1 aliphatic rings. The molecule has 0 heterocycles. The number of halogens is 1. The van der Waals surface area contributed by atoms with E-state index in [0.29, 0.717) is 12.0 Å². The Labute approximate surface area is 114 Å². The molecular weight excluding hydrogens is 298 g/mol. The molecule has 0 saturated heterocycles. The summed E-state index contributed by atoms with van der Waals surface area (Å²) in [6.07, 6.45) is 2.17. The fourth-order valence-electron chi connectivity index (χ4n) is 2.60. The first-order chi connectivity index (χ1) is 8.13. The number of benzene rings is 1. The highest BCUT2D eigenvalue weighted by Gasteiger charge is 2.36. The molecule has 0 radical (unpaired) electrons. The second kappa shape index (κ2) is 5.63. The van der Waals surface area contributed by atoms with E-state index in [1.165, 1.54) is 0 Å². The zero-order chi connectivity index (χ0) is 12.4. The number of hydrogen-bond donors (Lipinski definition) is 1. The van der Waals surface area contributed by atoms with Gasteiger partial charge >= 0.3 is 0 Å².